The summed E-state index contributed by atoms with van der Waals surface area (Å²) in [5.41, 5.74) is 2.86. The Hall–Kier alpha value is -4.50. The first kappa shape index (κ1) is 34.4. The number of aryl methyl sites for hydroxylation is 2. The number of para-hydroxylation sites is 1. The van der Waals surface area contributed by atoms with Crippen molar-refractivity contribution in [3.05, 3.63) is 131 Å². The lowest BCUT2D eigenvalue weighted by atomic mass is 10.0. The highest BCUT2D eigenvalue weighted by atomic mass is 32.2. The van der Waals surface area contributed by atoms with Crippen LogP contribution in [0.1, 0.15) is 49.9 Å². The second-order valence-corrected chi connectivity index (χ2v) is 14.3. The molecule has 4 aromatic rings. The molecule has 242 valence electrons. The molecule has 9 heteroatoms. The number of amides is 2. The van der Waals surface area contributed by atoms with Crippen molar-refractivity contribution in [3.8, 4) is 0 Å². The molecular formula is C37H42FN3O4S. The van der Waals surface area contributed by atoms with Crippen LogP contribution in [0.15, 0.2) is 108 Å². The SMILES string of the molecule is CCc1ccccc1N(CC(=O)N(Cc1ccc(F)cc1)C(Cc1ccccc1)C(=O)NC(C)(C)C)S(=O)(=O)c1ccc(C)cc1. The average Bonchev–Trinajstić information content (AvgIpc) is 3.02. The Morgan fingerprint density at radius 2 is 1.43 bits per heavy atom. The van der Waals surface area contributed by atoms with E-state index >= 15 is 0 Å². The summed E-state index contributed by atoms with van der Waals surface area (Å²) in [6.45, 7) is 8.76. The first-order valence-corrected chi connectivity index (χ1v) is 16.8. The molecular weight excluding hydrogens is 601 g/mol. The van der Waals surface area contributed by atoms with Gasteiger partial charge in [-0.2, -0.15) is 0 Å². The van der Waals surface area contributed by atoms with E-state index < -0.39 is 39.9 Å². The number of rotatable bonds is 12. The van der Waals surface area contributed by atoms with Gasteiger partial charge in [-0.1, -0.05) is 85.3 Å². The molecule has 1 N–H and O–H groups in total. The maximum absolute atomic E-state index is 14.6. The zero-order chi connectivity index (χ0) is 33.5. The van der Waals surface area contributed by atoms with Crippen LogP contribution in [0.25, 0.3) is 0 Å². The first-order valence-electron chi connectivity index (χ1n) is 15.4. The summed E-state index contributed by atoms with van der Waals surface area (Å²) in [4.78, 5) is 30.0. The number of carbonyl (C=O) groups is 2. The Bertz CT molecular complexity index is 1740. The fourth-order valence-electron chi connectivity index (χ4n) is 5.20. The molecule has 0 saturated heterocycles. The van der Waals surface area contributed by atoms with E-state index in [1.165, 1.54) is 29.2 Å². The van der Waals surface area contributed by atoms with Crippen LogP contribution in [-0.2, 0) is 39.0 Å². The molecule has 0 aliphatic rings. The van der Waals surface area contributed by atoms with Crippen LogP contribution in [0.2, 0.25) is 0 Å². The number of nitrogens with one attached hydrogen (secondary N) is 1. The number of hydrogen-bond donors (Lipinski definition) is 1. The van der Waals surface area contributed by atoms with E-state index in [1.54, 1.807) is 36.4 Å². The van der Waals surface area contributed by atoms with Gasteiger partial charge in [-0.25, -0.2) is 12.8 Å². The van der Waals surface area contributed by atoms with Crippen molar-refractivity contribution in [1.29, 1.82) is 0 Å². The van der Waals surface area contributed by atoms with E-state index in [9.17, 15) is 22.4 Å². The van der Waals surface area contributed by atoms with Crippen molar-refractivity contribution in [2.24, 2.45) is 0 Å². The van der Waals surface area contributed by atoms with Crippen molar-refractivity contribution in [3.63, 3.8) is 0 Å². The number of benzene rings is 4. The molecule has 0 aliphatic heterocycles. The fraction of sp³-hybridized carbons (Fsp3) is 0.297. The van der Waals surface area contributed by atoms with Crippen molar-refractivity contribution < 1.29 is 22.4 Å². The standard InChI is InChI=1S/C37H42FN3O4S/c1-6-30-14-10-11-15-33(30)41(46(44,45)32-22-16-27(2)17-23-32)26-35(42)40(25-29-18-20-31(38)21-19-29)34(36(43)39-37(3,4)5)24-28-12-8-7-9-13-28/h7-23,34H,6,24-26H2,1-5H3,(H,39,43). The minimum Gasteiger partial charge on any atom is -0.350 e. The minimum atomic E-state index is -4.21. The number of anilines is 1. The molecule has 2 amide bonds. The lowest BCUT2D eigenvalue weighted by Gasteiger charge is -2.35. The second-order valence-electron chi connectivity index (χ2n) is 12.4. The molecule has 0 saturated carbocycles. The molecule has 0 spiro atoms. The predicted molar refractivity (Wildman–Crippen MR) is 180 cm³/mol. The van der Waals surface area contributed by atoms with Gasteiger partial charge in [0.15, 0.2) is 0 Å². The van der Waals surface area contributed by atoms with Gasteiger partial charge in [0.25, 0.3) is 10.0 Å². The van der Waals surface area contributed by atoms with Crippen LogP contribution in [0, 0.1) is 12.7 Å². The van der Waals surface area contributed by atoms with Crippen LogP contribution in [0.4, 0.5) is 10.1 Å². The lowest BCUT2D eigenvalue weighted by Crippen LogP contribution is -2.56. The minimum absolute atomic E-state index is 0.0397. The quantitative estimate of drug-likeness (QED) is 0.192. The van der Waals surface area contributed by atoms with Crippen molar-refractivity contribution in [1.82, 2.24) is 10.2 Å². The van der Waals surface area contributed by atoms with Gasteiger partial charge in [0.05, 0.1) is 10.6 Å². The molecule has 7 nitrogen and oxygen atoms in total. The van der Waals surface area contributed by atoms with Crippen LogP contribution in [0.3, 0.4) is 0 Å². The third-order valence-electron chi connectivity index (χ3n) is 7.56. The molecule has 0 aliphatic carbocycles. The largest absolute Gasteiger partial charge is 0.350 e. The zero-order valence-electron chi connectivity index (χ0n) is 27.0. The summed E-state index contributed by atoms with van der Waals surface area (Å²) in [6, 6.07) is 27.6. The zero-order valence-corrected chi connectivity index (χ0v) is 27.9. The van der Waals surface area contributed by atoms with Crippen molar-refractivity contribution >= 4 is 27.5 Å². The summed E-state index contributed by atoms with van der Waals surface area (Å²) >= 11 is 0. The van der Waals surface area contributed by atoms with E-state index in [0.29, 0.717) is 17.7 Å². The molecule has 0 radical (unpaired) electrons. The molecule has 0 fully saturated rings. The summed E-state index contributed by atoms with van der Waals surface area (Å²) in [7, 11) is -4.21. The van der Waals surface area contributed by atoms with Crippen LogP contribution in [-0.4, -0.2) is 43.3 Å². The van der Waals surface area contributed by atoms with Gasteiger partial charge in [-0.15, -0.1) is 0 Å². The monoisotopic (exact) mass is 643 g/mol. The number of hydrogen-bond acceptors (Lipinski definition) is 4. The molecule has 0 heterocycles. The summed E-state index contributed by atoms with van der Waals surface area (Å²) in [5, 5.41) is 3.01. The number of sulfonamides is 1. The number of halogens is 1. The van der Waals surface area contributed by atoms with Gasteiger partial charge < -0.3 is 10.2 Å². The normalized spacial score (nSPS) is 12.3. The van der Waals surface area contributed by atoms with Gasteiger partial charge >= 0.3 is 0 Å². The van der Waals surface area contributed by atoms with E-state index in [4.69, 9.17) is 0 Å². The fourth-order valence-corrected chi connectivity index (χ4v) is 6.65. The molecule has 0 aromatic heterocycles. The molecule has 46 heavy (non-hydrogen) atoms. The predicted octanol–water partition coefficient (Wildman–Crippen LogP) is 6.45. The second kappa shape index (κ2) is 14.7. The van der Waals surface area contributed by atoms with Gasteiger partial charge in [-0.05, 0) is 81.1 Å². The number of nitrogens with zero attached hydrogens (tertiary/aromatic N) is 2. The molecule has 4 rings (SSSR count). The number of carbonyl (C=O) groups excluding carboxylic acids is 2. The van der Waals surface area contributed by atoms with Crippen LogP contribution < -0.4 is 9.62 Å². The highest BCUT2D eigenvalue weighted by Gasteiger charge is 2.36. The Morgan fingerprint density at radius 3 is 2.04 bits per heavy atom. The Labute approximate surface area is 272 Å². The van der Waals surface area contributed by atoms with Gasteiger partial charge in [0, 0.05) is 18.5 Å². The third-order valence-corrected chi connectivity index (χ3v) is 9.34. The topological polar surface area (TPSA) is 86.8 Å². The molecule has 0 bridgehead atoms. The Kier molecular flexibility index (Phi) is 11.0. The molecule has 1 atom stereocenters. The van der Waals surface area contributed by atoms with Crippen LogP contribution in [0.5, 0.6) is 0 Å². The molecule has 1 unspecified atom stereocenters. The smallest absolute Gasteiger partial charge is 0.264 e. The van der Waals surface area contributed by atoms with E-state index in [0.717, 1.165) is 21.0 Å². The van der Waals surface area contributed by atoms with Crippen molar-refractivity contribution in [2.75, 3.05) is 10.8 Å². The van der Waals surface area contributed by atoms with Gasteiger partial charge in [0.1, 0.15) is 18.4 Å². The third kappa shape index (κ3) is 8.81. The van der Waals surface area contributed by atoms with Gasteiger partial charge in [0.2, 0.25) is 11.8 Å². The van der Waals surface area contributed by atoms with Crippen LogP contribution >= 0.6 is 0 Å². The summed E-state index contributed by atoms with van der Waals surface area (Å²) < 4.78 is 43.6. The van der Waals surface area contributed by atoms with E-state index in [2.05, 4.69) is 5.32 Å². The first-order chi connectivity index (χ1) is 21.8. The maximum atomic E-state index is 14.6. The Morgan fingerprint density at radius 1 is 0.826 bits per heavy atom. The summed E-state index contributed by atoms with van der Waals surface area (Å²) in [5.74, 6) is -1.39. The maximum Gasteiger partial charge on any atom is 0.264 e. The summed E-state index contributed by atoms with van der Waals surface area (Å²) in [6.07, 6.45) is 0.722. The average molecular weight is 644 g/mol. The van der Waals surface area contributed by atoms with Crippen molar-refractivity contribution in [2.45, 2.75) is 70.5 Å². The Balaban J connectivity index is 1.84. The van der Waals surface area contributed by atoms with E-state index in [-0.39, 0.29) is 23.8 Å². The lowest BCUT2D eigenvalue weighted by molar-refractivity contribution is -0.140. The van der Waals surface area contributed by atoms with Gasteiger partial charge in [-0.3, -0.25) is 13.9 Å². The molecule has 4 aromatic carbocycles. The highest BCUT2D eigenvalue weighted by Crippen LogP contribution is 2.29. The highest BCUT2D eigenvalue weighted by molar-refractivity contribution is 7.92. The van der Waals surface area contributed by atoms with E-state index in [1.807, 2.05) is 77.1 Å².